The van der Waals surface area contributed by atoms with E-state index in [1.54, 1.807) is 13.8 Å². The van der Waals surface area contributed by atoms with E-state index in [1.807, 2.05) is 26.0 Å². The van der Waals surface area contributed by atoms with Crippen LogP contribution in [-0.2, 0) is 4.79 Å². The smallest absolute Gasteiger partial charge is 0.328 e. The van der Waals surface area contributed by atoms with Crippen LogP contribution in [0, 0.1) is 5.92 Å². The van der Waals surface area contributed by atoms with E-state index in [4.69, 9.17) is 14.6 Å². The average Bonchev–Trinajstić information content (AvgIpc) is 2.69. The molecular weight excluding hydrogens is 407 g/mol. The van der Waals surface area contributed by atoms with Crippen molar-refractivity contribution in [3.63, 3.8) is 0 Å². The molecule has 1 aromatic rings. The first-order chi connectivity index (χ1) is 14.9. The standard InChI is InChI=1S/C27H35FO4/c1-8-9-12-31-24-15-25-21(22(17(2)3)16-27(6,7)32-25)14-20(24)19(5)23(28)11-10-18(4)13-26(29)30/h10-11,13-17H,8-9,12H2,1-7H3,(H,29,30)/b11-10+,18-13+,23-19+. The molecule has 1 aromatic carbocycles. The Morgan fingerprint density at radius 3 is 2.53 bits per heavy atom. The second kappa shape index (κ2) is 10.7. The second-order valence-corrected chi connectivity index (χ2v) is 9.04. The van der Waals surface area contributed by atoms with Crippen LogP contribution in [-0.4, -0.2) is 23.3 Å². The maximum absolute atomic E-state index is 15.1. The van der Waals surface area contributed by atoms with Crippen molar-refractivity contribution >= 4 is 17.1 Å². The van der Waals surface area contributed by atoms with Crippen molar-refractivity contribution < 1.29 is 23.8 Å². The predicted octanol–water partition coefficient (Wildman–Crippen LogP) is 7.36. The summed E-state index contributed by atoms with van der Waals surface area (Å²) in [4.78, 5) is 10.8. The monoisotopic (exact) mass is 442 g/mol. The van der Waals surface area contributed by atoms with E-state index in [2.05, 4.69) is 26.8 Å². The van der Waals surface area contributed by atoms with Crippen LogP contribution in [0.25, 0.3) is 11.1 Å². The highest BCUT2D eigenvalue weighted by Crippen LogP contribution is 2.44. The van der Waals surface area contributed by atoms with E-state index in [0.717, 1.165) is 35.8 Å². The van der Waals surface area contributed by atoms with Crippen molar-refractivity contribution in [3.05, 3.63) is 59.0 Å². The highest BCUT2D eigenvalue weighted by molar-refractivity contribution is 5.82. The Bertz CT molecular complexity index is 978. The lowest BCUT2D eigenvalue weighted by Crippen LogP contribution is -2.30. The quantitative estimate of drug-likeness (QED) is 0.246. The molecule has 0 radical (unpaired) electrons. The first-order valence-corrected chi connectivity index (χ1v) is 11.1. The summed E-state index contributed by atoms with van der Waals surface area (Å²) in [5.41, 5.74) is 3.19. The fourth-order valence-corrected chi connectivity index (χ4v) is 3.55. The van der Waals surface area contributed by atoms with Gasteiger partial charge in [0.1, 0.15) is 22.9 Å². The van der Waals surface area contributed by atoms with Gasteiger partial charge in [-0.2, -0.15) is 0 Å². The molecule has 0 aliphatic carbocycles. The molecule has 0 aromatic heterocycles. The summed E-state index contributed by atoms with van der Waals surface area (Å²) >= 11 is 0. The summed E-state index contributed by atoms with van der Waals surface area (Å²) in [5, 5.41) is 8.84. The third kappa shape index (κ3) is 6.59. The van der Waals surface area contributed by atoms with Crippen molar-refractivity contribution in [2.75, 3.05) is 6.61 Å². The minimum atomic E-state index is -1.06. The van der Waals surface area contributed by atoms with Gasteiger partial charge in [0.05, 0.1) is 6.61 Å². The molecule has 0 unspecified atom stereocenters. The largest absolute Gasteiger partial charge is 0.493 e. The van der Waals surface area contributed by atoms with Gasteiger partial charge in [-0.25, -0.2) is 9.18 Å². The Morgan fingerprint density at radius 2 is 1.94 bits per heavy atom. The van der Waals surface area contributed by atoms with Gasteiger partial charge in [0, 0.05) is 23.3 Å². The molecule has 1 heterocycles. The van der Waals surface area contributed by atoms with E-state index in [0.29, 0.717) is 29.1 Å². The fraction of sp³-hybridized carbons (Fsp3) is 0.444. The number of carboxylic acid groups (broad SMARTS) is 1. The fourth-order valence-electron chi connectivity index (χ4n) is 3.55. The van der Waals surface area contributed by atoms with E-state index in [1.165, 1.54) is 12.2 Å². The lowest BCUT2D eigenvalue weighted by molar-refractivity contribution is -0.131. The van der Waals surface area contributed by atoms with Gasteiger partial charge in [-0.1, -0.05) is 33.3 Å². The first kappa shape index (κ1) is 25.4. The van der Waals surface area contributed by atoms with E-state index in [-0.39, 0.29) is 5.92 Å². The summed E-state index contributed by atoms with van der Waals surface area (Å²) in [6, 6.07) is 3.81. The number of carboxylic acids is 1. The number of carbonyl (C=O) groups is 1. The summed E-state index contributed by atoms with van der Waals surface area (Å²) in [6.45, 7) is 14.2. The van der Waals surface area contributed by atoms with Gasteiger partial charge in [-0.3, -0.25) is 0 Å². The van der Waals surface area contributed by atoms with Crippen molar-refractivity contribution in [1.29, 1.82) is 0 Å². The van der Waals surface area contributed by atoms with Crippen LogP contribution >= 0.6 is 0 Å². The van der Waals surface area contributed by atoms with Gasteiger partial charge >= 0.3 is 5.97 Å². The Balaban J connectivity index is 2.60. The summed E-state index contributed by atoms with van der Waals surface area (Å²) in [5.74, 6) is 0.0767. The molecule has 0 fully saturated rings. The van der Waals surface area contributed by atoms with Crippen molar-refractivity contribution in [3.8, 4) is 11.5 Å². The van der Waals surface area contributed by atoms with Crippen LogP contribution in [0.3, 0.4) is 0 Å². The average molecular weight is 443 g/mol. The number of aliphatic carboxylic acids is 1. The lowest BCUT2D eigenvalue weighted by Gasteiger charge is -2.33. The molecule has 1 N–H and O–H groups in total. The Kier molecular flexibility index (Phi) is 8.48. The molecule has 0 spiro atoms. The molecule has 0 amide bonds. The first-order valence-electron chi connectivity index (χ1n) is 11.1. The third-order valence-corrected chi connectivity index (χ3v) is 5.25. The Hall–Kier alpha value is -2.82. The molecule has 1 aliphatic rings. The van der Waals surface area contributed by atoms with Gasteiger partial charge in [-0.05, 0) is 75.0 Å². The highest BCUT2D eigenvalue weighted by Gasteiger charge is 2.29. The number of hydrogen-bond donors (Lipinski definition) is 1. The molecule has 2 rings (SSSR count). The Morgan fingerprint density at radius 1 is 1.25 bits per heavy atom. The number of hydrogen-bond acceptors (Lipinski definition) is 3. The molecule has 4 nitrogen and oxygen atoms in total. The molecule has 0 saturated heterocycles. The maximum Gasteiger partial charge on any atom is 0.328 e. The summed E-state index contributed by atoms with van der Waals surface area (Å²) < 4.78 is 27.3. The van der Waals surface area contributed by atoms with Gasteiger partial charge < -0.3 is 14.6 Å². The third-order valence-electron chi connectivity index (χ3n) is 5.25. The molecule has 5 heteroatoms. The summed E-state index contributed by atoms with van der Waals surface area (Å²) in [7, 11) is 0. The number of allylic oxidation sites excluding steroid dienone is 6. The minimum Gasteiger partial charge on any atom is -0.493 e. The van der Waals surface area contributed by atoms with Crippen LogP contribution in [0.5, 0.6) is 11.5 Å². The van der Waals surface area contributed by atoms with E-state index < -0.39 is 17.4 Å². The predicted molar refractivity (Wildman–Crippen MR) is 129 cm³/mol. The number of unbranched alkanes of at least 4 members (excludes halogenated alkanes) is 1. The van der Waals surface area contributed by atoms with Gasteiger partial charge in [0.15, 0.2) is 0 Å². The highest BCUT2D eigenvalue weighted by atomic mass is 19.1. The Labute approximate surface area is 191 Å². The van der Waals surface area contributed by atoms with Crippen LogP contribution in [0.2, 0.25) is 0 Å². The van der Waals surface area contributed by atoms with Crippen LogP contribution in [0.15, 0.2) is 47.8 Å². The van der Waals surface area contributed by atoms with Crippen LogP contribution < -0.4 is 9.47 Å². The number of ether oxygens (including phenoxy) is 2. The molecule has 0 saturated carbocycles. The normalized spacial score (nSPS) is 16.4. The van der Waals surface area contributed by atoms with Crippen molar-refractivity contribution in [2.45, 2.75) is 66.9 Å². The number of halogens is 1. The van der Waals surface area contributed by atoms with Gasteiger partial charge in [0.2, 0.25) is 0 Å². The molecule has 0 bridgehead atoms. The van der Waals surface area contributed by atoms with E-state index >= 15 is 4.39 Å². The second-order valence-electron chi connectivity index (χ2n) is 9.04. The lowest BCUT2D eigenvalue weighted by atomic mass is 9.86. The zero-order valence-corrected chi connectivity index (χ0v) is 20.2. The van der Waals surface area contributed by atoms with Crippen LogP contribution in [0.1, 0.15) is 72.4 Å². The van der Waals surface area contributed by atoms with Crippen molar-refractivity contribution in [2.24, 2.45) is 5.92 Å². The maximum atomic E-state index is 15.1. The van der Waals surface area contributed by atoms with Gasteiger partial charge in [0.25, 0.3) is 0 Å². The topological polar surface area (TPSA) is 55.8 Å². The SMILES string of the molecule is CCCCOc1cc2c(cc1\C(C)=C(F)/C=C/C(C)=C/C(=O)O)C(C(C)C)=CC(C)(C)O2. The molecule has 32 heavy (non-hydrogen) atoms. The van der Waals surface area contributed by atoms with Gasteiger partial charge in [-0.15, -0.1) is 0 Å². The number of fused-ring (bicyclic) bond motifs is 1. The zero-order chi connectivity index (χ0) is 24.1. The molecular formula is C27H35FO4. The zero-order valence-electron chi connectivity index (χ0n) is 20.2. The molecule has 174 valence electrons. The number of rotatable bonds is 9. The van der Waals surface area contributed by atoms with Crippen LogP contribution in [0.4, 0.5) is 4.39 Å². The van der Waals surface area contributed by atoms with E-state index in [9.17, 15) is 4.79 Å². The number of benzene rings is 1. The molecule has 0 atom stereocenters. The molecule has 1 aliphatic heterocycles. The van der Waals surface area contributed by atoms with Crippen molar-refractivity contribution in [1.82, 2.24) is 0 Å². The summed E-state index contributed by atoms with van der Waals surface area (Å²) in [6.07, 6.45) is 7.79. The minimum absolute atomic E-state index is 0.273.